The Balaban J connectivity index is 2.28. The van der Waals surface area contributed by atoms with Gasteiger partial charge in [0.2, 0.25) is 0 Å². The van der Waals surface area contributed by atoms with E-state index in [-0.39, 0.29) is 36.0 Å². The van der Waals surface area contributed by atoms with Gasteiger partial charge in [0.15, 0.2) is 0 Å². The average Bonchev–Trinajstić information content (AvgIpc) is 2.60. The third kappa shape index (κ3) is 4.14. The molecule has 1 fully saturated rings. The molecule has 0 aromatic rings. The van der Waals surface area contributed by atoms with Gasteiger partial charge in [0.1, 0.15) is 5.78 Å². The molecule has 1 aliphatic rings. The highest BCUT2D eigenvalue weighted by molar-refractivity contribution is 8.00. The molecular weight excluding hydrogens is 258 g/mol. The molecule has 1 rings (SSSR count). The van der Waals surface area contributed by atoms with Crippen molar-refractivity contribution in [1.29, 1.82) is 0 Å². The fourth-order valence-electron chi connectivity index (χ4n) is 1.19. The quantitative estimate of drug-likeness (QED) is 0.657. The van der Waals surface area contributed by atoms with Crippen molar-refractivity contribution in [3.05, 3.63) is 0 Å². The third-order valence-electron chi connectivity index (χ3n) is 2.31. The first-order chi connectivity index (χ1) is 8.41. The van der Waals surface area contributed by atoms with Crippen LogP contribution >= 0.6 is 11.8 Å². The second kappa shape index (κ2) is 6.53. The Morgan fingerprint density at radius 1 is 1.22 bits per heavy atom. The lowest BCUT2D eigenvalue weighted by Gasteiger charge is -2.12. The highest BCUT2D eigenvalue weighted by Crippen LogP contribution is 2.13. The van der Waals surface area contributed by atoms with E-state index in [1.165, 1.54) is 0 Å². The average molecular weight is 273 g/mol. The number of hydrogen-bond acceptors (Lipinski definition) is 6. The predicted octanol–water partition coefficient (Wildman–Crippen LogP) is 0.552. The molecule has 100 valence electrons. The fraction of sp³-hybridized carbons (Fsp3) is 0.636. The largest absolute Gasteiger partial charge is 0.343 e. The van der Waals surface area contributed by atoms with Crippen LogP contribution in [0.15, 0.2) is 0 Å². The molecule has 1 aliphatic heterocycles. The van der Waals surface area contributed by atoms with E-state index in [0.29, 0.717) is 5.06 Å². The number of Topliss-reactive ketones (excluding diaryl/α,β-unsaturated/α-hetero) is 1. The minimum absolute atomic E-state index is 0.0427. The number of nitrogens with zero attached hydrogens (tertiary/aromatic N) is 1. The van der Waals surface area contributed by atoms with E-state index in [0.717, 1.165) is 11.8 Å². The Kier molecular flexibility index (Phi) is 5.33. The first-order valence-corrected chi connectivity index (χ1v) is 6.74. The van der Waals surface area contributed by atoms with Gasteiger partial charge in [-0.25, -0.2) is 4.79 Å². The number of hydroxylamine groups is 2. The summed E-state index contributed by atoms with van der Waals surface area (Å²) in [6.07, 6.45) is 0.149. The van der Waals surface area contributed by atoms with Gasteiger partial charge in [-0.2, -0.15) is 0 Å². The molecule has 0 bridgehead atoms. The predicted molar refractivity (Wildman–Crippen MR) is 64.3 cm³/mol. The highest BCUT2D eigenvalue weighted by Gasteiger charge is 2.32. The Hall–Kier alpha value is -1.37. The first-order valence-electron chi connectivity index (χ1n) is 5.59. The van der Waals surface area contributed by atoms with Crippen LogP contribution in [0.2, 0.25) is 0 Å². The molecule has 0 aromatic carbocycles. The van der Waals surface area contributed by atoms with E-state index in [4.69, 9.17) is 0 Å². The molecule has 0 N–H and O–H groups in total. The van der Waals surface area contributed by atoms with Gasteiger partial charge in [-0.3, -0.25) is 14.4 Å². The monoisotopic (exact) mass is 273 g/mol. The van der Waals surface area contributed by atoms with Gasteiger partial charge in [0.05, 0.1) is 11.5 Å². The summed E-state index contributed by atoms with van der Waals surface area (Å²) in [5, 5.41) is 0.507. The molecule has 0 radical (unpaired) electrons. The molecule has 0 saturated carbocycles. The van der Waals surface area contributed by atoms with Crippen molar-refractivity contribution in [3.63, 3.8) is 0 Å². The molecule has 1 heterocycles. The van der Waals surface area contributed by atoms with Gasteiger partial charge in [0, 0.05) is 18.8 Å². The maximum Gasteiger partial charge on any atom is 0.343 e. The number of thioether (sulfide) groups is 1. The number of hydrogen-bond donors (Lipinski definition) is 0. The van der Waals surface area contributed by atoms with Crippen molar-refractivity contribution in [2.75, 3.05) is 11.5 Å². The molecule has 0 aromatic heterocycles. The van der Waals surface area contributed by atoms with Crippen molar-refractivity contribution < 1.29 is 24.0 Å². The summed E-state index contributed by atoms with van der Waals surface area (Å²) in [4.78, 5) is 49.6. The summed E-state index contributed by atoms with van der Waals surface area (Å²) in [6.45, 7) is 3.56. The minimum Gasteiger partial charge on any atom is -0.329 e. The zero-order chi connectivity index (χ0) is 13.7. The van der Waals surface area contributed by atoms with E-state index >= 15 is 0 Å². The molecule has 0 spiro atoms. The molecule has 0 unspecified atom stereocenters. The topological polar surface area (TPSA) is 80.8 Å². The summed E-state index contributed by atoms with van der Waals surface area (Å²) < 4.78 is 0. The van der Waals surface area contributed by atoms with Crippen molar-refractivity contribution in [1.82, 2.24) is 5.06 Å². The van der Waals surface area contributed by atoms with Crippen molar-refractivity contribution in [2.24, 2.45) is 5.92 Å². The summed E-state index contributed by atoms with van der Waals surface area (Å²) in [6, 6.07) is 0. The van der Waals surface area contributed by atoms with Gasteiger partial charge in [-0.05, 0) is 0 Å². The van der Waals surface area contributed by atoms with Crippen LogP contribution < -0.4 is 0 Å². The maximum absolute atomic E-state index is 11.3. The molecule has 6 nitrogen and oxygen atoms in total. The zero-order valence-electron chi connectivity index (χ0n) is 10.3. The van der Waals surface area contributed by atoms with Crippen molar-refractivity contribution >= 4 is 35.3 Å². The molecule has 0 aliphatic carbocycles. The molecule has 1 saturated heterocycles. The SMILES string of the molecule is CC(C)C(=O)CSCC(=O)ON1C(=O)CCC1=O. The number of amides is 2. The number of rotatable bonds is 6. The normalized spacial score (nSPS) is 15.4. The highest BCUT2D eigenvalue weighted by atomic mass is 32.2. The Morgan fingerprint density at radius 2 is 1.78 bits per heavy atom. The van der Waals surface area contributed by atoms with Crippen LogP contribution in [0.4, 0.5) is 0 Å². The molecule has 0 atom stereocenters. The molecule has 2 amide bonds. The van der Waals surface area contributed by atoms with Crippen LogP contribution in [-0.4, -0.2) is 40.1 Å². The van der Waals surface area contributed by atoms with Gasteiger partial charge < -0.3 is 4.84 Å². The smallest absolute Gasteiger partial charge is 0.329 e. The summed E-state index contributed by atoms with van der Waals surface area (Å²) in [5.41, 5.74) is 0. The van der Waals surface area contributed by atoms with E-state index in [2.05, 4.69) is 4.84 Å². The van der Waals surface area contributed by atoms with Crippen LogP contribution in [0.5, 0.6) is 0 Å². The lowest BCUT2D eigenvalue weighted by molar-refractivity contribution is -0.195. The van der Waals surface area contributed by atoms with Crippen LogP contribution in [0.1, 0.15) is 26.7 Å². The Bertz CT molecular complexity index is 364. The van der Waals surface area contributed by atoms with Crippen molar-refractivity contribution in [2.45, 2.75) is 26.7 Å². The summed E-state index contributed by atoms with van der Waals surface area (Å²) in [5.74, 6) is -1.57. The van der Waals surface area contributed by atoms with E-state index in [1.54, 1.807) is 13.8 Å². The molecule has 7 heteroatoms. The van der Waals surface area contributed by atoms with Gasteiger partial charge in [-0.1, -0.05) is 13.8 Å². The minimum atomic E-state index is -0.694. The third-order valence-corrected chi connectivity index (χ3v) is 3.24. The first kappa shape index (κ1) is 14.7. The lowest BCUT2D eigenvalue weighted by Crippen LogP contribution is -2.32. The molecule has 18 heavy (non-hydrogen) atoms. The van der Waals surface area contributed by atoms with Gasteiger partial charge in [0.25, 0.3) is 11.8 Å². The Labute approximate surface area is 109 Å². The second-order valence-corrected chi connectivity index (χ2v) is 5.14. The number of carbonyl (C=O) groups excluding carboxylic acids is 4. The van der Waals surface area contributed by atoms with E-state index in [9.17, 15) is 19.2 Å². The van der Waals surface area contributed by atoms with E-state index in [1.807, 2.05) is 0 Å². The fourth-order valence-corrected chi connectivity index (χ4v) is 2.04. The number of carbonyl (C=O) groups is 4. The van der Waals surface area contributed by atoms with Crippen LogP contribution in [-0.2, 0) is 24.0 Å². The number of ketones is 1. The van der Waals surface area contributed by atoms with Crippen LogP contribution in [0.25, 0.3) is 0 Å². The standard InChI is InChI=1S/C11H15NO5S/c1-7(2)8(13)5-18-6-11(16)17-12-9(14)3-4-10(12)15/h7H,3-6H2,1-2H3. The zero-order valence-corrected chi connectivity index (χ0v) is 11.1. The molecular formula is C11H15NO5S. The second-order valence-electron chi connectivity index (χ2n) is 4.16. The Morgan fingerprint density at radius 3 is 2.28 bits per heavy atom. The van der Waals surface area contributed by atoms with Crippen LogP contribution in [0, 0.1) is 5.92 Å². The van der Waals surface area contributed by atoms with Gasteiger partial charge in [-0.15, -0.1) is 16.8 Å². The van der Waals surface area contributed by atoms with Crippen molar-refractivity contribution in [3.8, 4) is 0 Å². The van der Waals surface area contributed by atoms with Gasteiger partial charge >= 0.3 is 5.97 Å². The number of imide groups is 1. The summed E-state index contributed by atoms with van der Waals surface area (Å²) >= 11 is 1.11. The summed E-state index contributed by atoms with van der Waals surface area (Å²) in [7, 11) is 0. The maximum atomic E-state index is 11.3. The van der Waals surface area contributed by atoms with E-state index < -0.39 is 17.8 Å². The van der Waals surface area contributed by atoms with Crippen LogP contribution in [0.3, 0.4) is 0 Å². The lowest BCUT2D eigenvalue weighted by atomic mass is 10.1.